The number of ether oxygens (including phenoxy) is 1. The summed E-state index contributed by atoms with van der Waals surface area (Å²) in [5, 5.41) is 4.01. The molecule has 168 valence electrons. The summed E-state index contributed by atoms with van der Waals surface area (Å²) in [6.07, 6.45) is 4.39. The predicted molar refractivity (Wildman–Crippen MR) is 119 cm³/mol. The van der Waals surface area contributed by atoms with Crippen LogP contribution in [0.25, 0.3) is 10.9 Å². The van der Waals surface area contributed by atoms with Crippen LogP contribution < -0.4 is 10.2 Å². The lowest BCUT2D eigenvalue weighted by atomic mass is 9.93. The Labute approximate surface area is 183 Å². The number of fused-ring (bicyclic) bond motifs is 1. The van der Waals surface area contributed by atoms with Crippen molar-refractivity contribution in [2.24, 2.45) is 0 Å². The van der Waals surface area contributed by atoms with Gasteiger partial charge < -0.3 is 15.0 Å². The van der Waals surface area contributed by atoms with Gasteiger partial charge >= 0.3 is 0 Å². The normalized spacial score (nSPS) is 23.8. The molecule has 2 unspecified atom stereocenters. The topological polar surface area (TPSA) is 101 Å². The number of carbonyl (C=O) groups excluding carboxylic acids is 1. The molecule has 0 saturated carbocycles. The number of carbonyl (C=O) groups is 1. The Morgan fingerprint density at radius 3 is 2.74 bits per heavy atom. The highest BCUT2D eigenvalue weighted by atomic mass is 32.2. The lowest BCUT2D eigenvalue weighted by Crippen LogP contribution is -2.51. The van der Waals surface area contributed by atoms with Crippen molar-refractivity contribution in [1.82, 2.24) is 15.3 Å². The Kier molecular flexibility index (Phi) is 5.68. The number of rotatable bonds is 4. The van der Waals surface area contributed by atoms with Crippen LogP contribution in [-0.2, 0) is 19.4 Å². The zero-order chi connectivity index (χ0) is 22.4. The minimum absolute atomic E-state index is 0.00793. The quantitative estimate of drug-likeness (QED) is 0.769. The van der Waals surface area contributed by atoms with Crippen molar-refractivity contribution < 1.29 is 17.9 Å². The lowest BCUT2D eigenvalue weighted by Gasteiger charge is -2.36. The molecule has 2 aliphatic rings. The molecular weight excluding hydrogens is 416 g/mol. The fraction of sp³-hybridized carbons (Fsp3) is 0.591. The second-order valence-corrected chi connectivity index (χ2v) is 11.2. The number of amides is 1. The Morgan fingerprint density at radius 2 is 2.03 bits per heavy atom. The van der Waals surface area contributed by atoms with E-state index in [1.165, 1.54) is 6.26 Å². The molecule has 4 rings (SSSR count). The van der Waals surface area contributed by atoms with Gasteiger partial charge in [0.15, 0.2) is 9.84 Å². The lowest BCUT2D eigenvalue weighted by molar-refractivity contribution is -0.125. The largest absolute Gasteiger partial charge is 0.375 e. The van der Waals surface area contributed by atoms with Crippen molar-refractivity contribution in [3.8, 4) is 0 Å². The standard InChI is InChI=1S/C22H30N4O4S/c1-14-17-8-7-16(31(4,28)29)12-18(17)25-21(23-14)26-10-5-6-19(26)20(27)24-15-9-11-30-22(2,3)13-15/h7-8,12,15,19H,5-6,9-11,13H2,1-4H3,(H,24,27). The first-order valence-corrected chi connectivity index (χ1v) is 12.6. The van der Waals surface area contributed by atoms with Gasteiger partial charge in [0.25, 0.3) is 0 Å². The van der Waals surface area contributed by atoms with Crippen LogP contribution in [0.1, 0.15) is 45.2 Å². The molecule has 3 heterocycles. The van der Waals surface area contributed by atoms with Crippen LogP contribution in [-0.4, -0.2) is 61.4 Å². The smallest absolute Gasteiger partial charge is 0.243 e. The zero-order valence-electron chi connectivity index (χ0n) is 18.5. The molecular formula is C22H30N4O4S. The van der Waals surface area contributed by atoms with E-state index in [2.05, 4.69) is 15.3 Å². The first-order chi connectivity index (χ1) is 14.5. The number of anilines is 1. The third-order valence-corrected chi connectivity index (χ3v) is 7.24. The number of sulfone groups is 1. The Bertz CT molecular complexity index is 1120. The summed E-state index contributed by atoms with van der Waals surface area (Å²) in [7, 11) is -3.34. The average molecular weight is 447 g/mol. The van der Waals surface area contributed by atoms with Crippen molar-refractivity contribution in [3.05, 3.63) is 23.9 Å². The van der Waals surface area contributed by atoms with E-state index >= 15 is 0 Å². The summed E-state index contributed by atoms with van der Waals surface area (Å²) in [6, 6.07) is 4.66. The molecule has 31 heavy (non-hydrogen) atoms. The van der Waals surface area contributed by atoms with Gasteiger partial charge in [-0.1, -0.05) is 0 Å². The number of hydrogen-bond acceptors (Lipinski definition) is 7. The summed E-state index contributed by atoms with van der Waals surface area (Å²) < 4.78 is 29.7. The third-order valence-electron chi connectivity index (χ3n) is 6.13. The molecule has 9 heteroatoms. The first kappa shape index (κ1) is 22.0. The van der Waals surface area contributed by atoms with Crippen LogP contribution in [0.4, 0.5) is 5.95 Å². The minimum Gasteiger partial charge on any atom is -0.375 e. The second kappa shape index (κ2) is 8.02. The highest BCUT2D eigenvalue weighted by Gasteiger charge is 2.36. The highest BCUT2D eigenvalue weighted by molar-refractivity contribution is 7.90. The maximum atomic E-state index is 13.1. The van der Waals surface area contributed by atoms with Crippen LogP contribution in [0.15, 0.2) is 23.1 Å². The molecule has 1 aromatic carbocycles. The maximum Gasteiger partial charge on any atom is 0.243 e. The molecule has 0 spiro atoms. The molecule has 0 aliphatic carbocycles. The SMILES string of the molecule is Cc1nc(N2CCCC2C(=O)NC2CCOC(C)(C)C2)nc2cc(S(C)(=O)=O)ccc12. The van der Waals surface area contributed by atoms with E-state index in [9.17, 15) is 13.2 Å². The summed E-state index contributed by atoms with van der Waals surface area (Å²) in [5.41, 5.74) is 1.10. The van der Waals surface area contributed by atoms with Gasteiger partial charge in [0.2, 0.25) is 11.9 Å². The van der Waals surface area contributed by atoms with E-state index in [0.29, 0.717) is 24.6 Å². The average Bonchev–Trinajstić information content (AvgIpc) is 3.16. The summed E-state index contributed by atoms with van der Waals surface area (Å²) in [6.45, 7) is 7.30. The molecule has 2 fully saturated rings. The summed E-state index contributed by atoms with van der Waals surface area (Å²) in [4.78, 5) is 24.6. The van der Waals surface area contributed by atoms with E-state index in [-0.39, 0.29) is 28.5 Å². The number of nitrogens with zero attached hydrogens (tertiary/aromatic N) is 3. The van der Waals surface area contributed by atoms with Gasteiger partial charge in [-0.15, -0.1) is 0 Å². The third kappa shape index (κ3) is 4.67. The molecule has 2 aromatic rings. The van der Waals surface area contributed by atoms with Gasteiger partial charge in [0.1, 0.15) is 6.04 Å². The molecule has 2 aliphatic heterocycles. The Hall–Kier alpha value is -2.26. The van der Waals surface area contributed by atoms with Crippen molar-refractivity contribution in [2.45, 2.75) is 69.0 Å². The van der Waals surface area contributed by atoms with Gasteiger partial charge in [0, 0.05) is 30.8 Å². The van der Waals surface area contributed by atoms with Gasteiger partial charge in [-0.05, 0) is 64.7 Å². The molecule has 0 radical (unpaired) electrons. The van der Waals surface area contributed by atoms with Gasteiger partial charge in [-0.2, -0.15) is 0 Å². The zero-order valence-corrected chi connectivity index (χ0v) is 19.3. The van der Waals surface area contributed by atoms with Crippen molar-refractivity contribution in [2.75, 3.05) is 24.3 Å². The van der Waals surface area contributed by atoms with E-state index in [1.54, 1.807) is 18.2 Å². The number of nitrogens with one attached hydrogen (secondary N) is 1. The molecule has 0 bridgehead atoms. The molecule has 2 saturated heterocycles. The van der Waals surface area contributed by atoms with Gasteiger partial charge in [-0.25, -0.2) is 18.4 Å². The van der Waals surface area contributed by atoms with Crippen molar-refractivity contribution in [3.63, 3.8) is 0 Å². The molecule has 1 N–H and O–H groups in total. The van der Waals surface area contributed by atoms with Gasteiger partial charge in [0.05, 0.1) is 21.7 Å². The van der Waals surface area contributed by atoms with Crippen LogP contribution in [0.3, 0.4) is 0 Å². The number of aromatic nitrogens is 2. The number of aryl methyl sites for hydroxylation is 1. The van der Waals surface area contributed by atoms with Crippen molar-refractivity contribution >= 4 is 32.6 Å². The fourth-order valence-electron chi connectivity index (χ4n) is 4.54. The van der Waals surface area contributed by atoms with Crippen LogP contribution in [0.5, 0.6) is 0 Å². The molecule has 1 amide bonds. The molecule has 2 atom stereocenters. The second-order valence-electron chi connectivity index (χ2n) is 9.22. The van der Waals surface area contributed by atoms with E-state index in [4.69, 9.17) is 4.74 Å². The van der Waals surface area contributed by atoms with Crippen LogP contribution in [0, 0.1) is 6.92 Å². The van der Waals surface area contributed by atoms with E-state index < -0.39 is 9.84 Å². The predicted octanol–water partition coefficient (Wildman–Crippen LogP) is 2.38. The first-order valence-electron chi connectivity index (χ1n) is 10.7. The summed E-state index contributed by atoms with van der Waals surface area (Å²) in [5.74, 6) is 0.465. The van der Waals surface area contributed by atoms with E-state index in [1.807, 2.05) is 25.7 Å². The highest BCUT2D eigenvalue weighted by Crippen LogP contribution is 2.28. The molecule has 8 nitrogen and oxygen atoms in total. The number of benzene rings is 1. The fourth-order valence-corrected chi connectivity index (χ4v) is 5.18. The summed E-state index contributed by atoms with van der Waals surface area (Å²) >= 11 is 0. The Morgan fingerprint density at radius 1 is 1.26 bits per heavy atom. The molecule has 1 aromatic heterocycles. The van der Waals surface area contributed by atoms with Crippen LogP contribution in [0.2, 0.25) is 0 Å². The van der Waals surface area contributed by atoms with Crippen molar-refractivity contribution in [1.29, 1.82) is 0 Å². The van der Waals surface area contributed by atoms with Crippen LogP contribution >= 0.6 is 0 Å². The minimum atomic E-state index is -3.34. The van der Waals surface area contributed by atoms with Gasteiger partial charge in [-0.3, -0.25) is 4.79 Å². The van der Waals surface area contributed by atoms with E-state index in [0.717, 1.165) is 36.8 Å². The Balaban J connectivity index is 1.59. The maximum absolute atomic E-state index is 13.1. The monoisotopic (exact) mass is 446 g/mol. The number of hydrogen-bond donors (Lipinski definition) is 1.